The lowest BCUT2D eigenvalue weighted by Gasteiger charge is -2.40. The van der Waals surface area contributed by atoms with Crippen molar-refractivity contribution in [2.45, 2.75) is 103 Å². The minimum atomic E-state index is -4.39. The van der Waals surface area contributed by atoms with Crippen LogP contribution in [0.4, 0.5) is 0 Å². The predicted molar refractivity (Wildman–Crippen MR) is 228 cm³/mol. The van der Waals surface area contributed by atoms with Gasteiger partial charge in [0.15, 0.2) is 8.32 Å². The Balaban J connectivity index is 6.58. The molecule has 59 heavy (non-hydrogen) atoms. The predicted octanol–water partition coefficient (Wildman–Crippen LogP) is 1.80. The molecule has 3 radical (unpaired) electrons. The minimum absolute atomic E-state index is 0.0282. The molecule has 0 spiro atoms. The quantitative estimate of drug-likeness (QED) is 0.0224. The molecule has 0 rings (SSSR count). The van der Waals surface area contributed by atoms with E-state index in [9.17, 15) is 69.6 Å². The molecule has 0 bridgehead atoms. The number of amides is 1. The van der Waals surface area contributed by atoms with Crippen LogP contribution in [0, 0.1) is 5.92 Å². The van der Waals surface area contributed by atoms with Gasteiger partial charge in [0.1, 0.15) is 0 Å². The first kappa shape index (κ1) is 58.3. The van der Waals surface area contributed by atoms with Crippen LogP contribution in [-0.2, 0) is 59.5 Å². The molecule has 0 aromatic carbocycles. The summed E-state index contributed by atoms with van der Waals surface area (Å²) in [4.78, 5) is 13.8. The van der Waals surface area contributed by atoms with E-state index in [4.69, 9.17) is 4.12 Å². The molecular weight excluding hydrogens is 915 g/mol. The average molecular weight is 985 g/mol. The van der Waals surface area contributed by atoms with Gasteiger partial charge in [0.25, 0.3) is 50.6 Å². The maximum absolute atomic E-state index is 13.8. The lowest BCUT2D eigenvalue weighted by molar-refractivity contribution is -0.928. The Bertz CT molecular complexity index is 1670. The SMILES string of the molecule is CCCC[N+](CCCC(CCC[N+](CCCS(=O)(=O)O)(CCCS(=O)(=O)O)CCCS(=O)(=O)O)C(=O)NCCC[Si](C)(C)O[Si])(CCCS(=O)(=O)O)CCCS(=O)(=O)O. The molecule has 0 fully saturated rings. The maximum Gasteiger partial charge on any atom is 0.265 e. The van der Waals surface area contributed by atoms with Crippen LogP contribution in [0.25, 0.3) is 0 Å². The van der Waals surface area contributed by atoms with Gasteiger partial charge in [0.05, 0.1) is 81.1 Å². The van der Waals surface area contributed by atoms with Crippen LogP contribution in [0.2, 0.25) is 19.1 Å². The third-order valence-corrected chi connectivity index (χ3v) is 18.2. The lowest BCUT2D eigenvalue weighted by Crippen LogP contribution is -2.52. The number of carbonyl (C=O) groups is 1. The molecule has 0 aromatic rings. The van der Waals surface area contributed by atoms with E-state index in [0.29, 0.717) is 51.7 Å². The van der Waals surface area contributed by atoms with Crippen molar-refractivity contribution >= 4 is 75.3 Å². The van der Waals surface area contributed by atoms with E-state index in [0.717, 1.165) is 12.5 Å². The van der Waals surface area contributed by atoms with Gasteiger partial charge in [-0.05, 0) is 57.7 Å². The summed E-state index contributed by atoms with van der Waals surface area (Å²) in [5.41, 5.74) is 0. The van der Waals surface area contributed by atoms with Crippen LogP contribution in [0.15, 0.2) is 0 Å². The molecular formula is C32H70N3O17S5Si2+2. The molecule has 1 unspecified atom stereocenters. The number of nitrogens with one attached hydrogen (secondary N) is 1. The molecule has 0 saturated carbocycles. The number of hydrogen-bond donors (Lipinski definition) is 6. The average Bonchev–Trinajstić information content (AvgIpc) is 3.05. The largest absolute Gasteiger partial charge is 0.457 e. The Hall–Kier alpha value is -0.666. The highest BCUT2D eigenvalue weighted by Crippen LogP contribution is 2.23. The van der Waals surface area contributed by atoms with E-state index in [-0.39, 0.29) is 92.7 Å². The molecule has 6 N–H and O–H groups in total. The van der Waals surface area contributed by atoms with Crippen molar-refractivity contribution in [3.63, 3.8) is 0 Å². The molecule has 0 aliphatic heterocycles. The van der Waals surface area contributed by atoms with Crippen molar-refractivity contribution in [2.24, 2.45) is 5.92 Å². The van der Waals surface area contributed by atoms with Crippen molar-refractivity contribution < 1.29 is 82.7 Å². The Morgan fingerprint density at radius 3 is 1.10 bits per heavy atom. The highest BCUT2D eigenvalue weighted by molar-refractivity contribution is 7.86. The zero-order valence-corrected chi connectivity index (χ0v) is 40.8. The highest BCUT2D eigenvalue weighted by Gasteiger charge is 2.32. The molecule has 20 nitrogen and oxygen atoms in total. The Labute approximate surface area is 358 Å². The van der Waals surface area contributed by atoms with Gasteiger partial charge in [-0.15, -0.1) is 0 Å². The van der Waals surface area contributed by atoms with Gasteiger partial charge in [-0.2, -0.15) is 42.1 Å². The van der Waals surface area contributed by atoms with Crippen LogP contribution in [0.1, 0.15) is 84.0 Å². The Morgan fingerprint density at radius 1 is 0.542 bits per heavy atom. The number of quaternary nitrogens is 2. The normalized spacial score (nSPS) is 14.4. The number of rotatable bonds is 37. The summed E-state index contributed by atoms with van der Waals surface area (Å²) in [7, 11) is -20.6. The first-order valence-corrected chi connectivity index (χ1v) is 31.5. The van der Waals surface area contributed by atoms with Crippen molar-refractivity contribution in [3.05, 3.63) is 0 Å². The summed E-state index contributed by atoms with van der Waals surface area (Å²) in [6.07, 6.45) is 3.44. The van der Waals surface area contributed by atoms with Gasteiger partial charge in [0.2, 0.25) is 16.4 Å². The summed E-state index contributed by atoms with van der Waals surface area (Å²) >= 11 is 0. The second-order valence-corrected chi connectivity index (χ2v) is 29.0. The van der Waals surface area contributed by atoms with E-state index in [1.165, 1.54) is 0 Å². The van der Waals surface area contributed by atoms with E-state index >= 15 is 0 Å². The van der Waals surface area contributed by atoms with Crippen molar-refractivity contribution in [1.29, 1.82) is 0 Å². The van der Waals surface area contributed by atoms with Crippen molar-refractivity contribution in [2.75, 3.05) is 87.7 Å². The molecule has 0 aliphatic rings. The number of carbonyl (C=O) groups excluding carboxylic acids is 1. The summed E-state index contributed by atoms with van der Waals surface area (Å²) in [5, 5.41) is 2.99. The molecule has 1 atom stereocenters. The van der Waals surface area contributed by atoms with Gasteiger partial charge < -0.3 is 18.4 Å². The molecule has 351 valence electrons. The highest BCUT2D eigenvalue weighted by atomic mass is 32.2. The zero-order chi connectivity index (χ0) is 45.7. The molecule has 0 saturated heterocycles. The number of hydrogen-bond acceptors (Lipinski definition) is 12. The fraction of sp³-hybridized carbons (Fsp3) is 0.969. The van der Waals surface area contributed by atoms with E-state index < -0.39 is 93.6 Å². The van der Waals surface area contributed by atoms with Crippen LogP contribution in [0.3, 0.4) is 0 Å². The first-order chi connectivity index (χ1) is 26.9. The standard InChI is InChI=1S/C32H68N3O17S5Si2/c1-4-5-17-34(20-9-25-53(37,38)39,21-10-26-54(40,41)42)18-6-14-31(32(36)33-16-8-30-59(2,3)52-58)15-7-19-35(22-11-27-55(43,44)45,23-12-28-56(46,47)48)24-13-29-57(49,50)51/h31H,4-30H2,1-3H3,(H4-2,33,36,37,38,39,40,41,42,43,44,45,46,47,48,49,50,51)/p+2. The fourth-order valence-electron chi connectivity index (χ4n) is 7.42. The summed E-state index contributed by atoms with van der Waals surface area (Å²) in [6, 6.07) is 0.739. The van der Waals surface area contributed by atoms with Crippen LogP contribution >= 0.6 is 0 Å². The van der Waals surface area contributed by atoms with Gasteiger partial charge >= 0.3 is 0 Å². The topological polar surface area (TPSA) is 310 Å². The minimum Gasteiger partial charge on any atom is -0.457 e. The smallest absolute Gasteiger partial charge is 0.265 e. The van der Waals surface area contributed by atoms with Crippen molar-refractivity contribution in [3.8, 4) is 0 Å². The second kappa shape index (κ2) is 26.8. The van der Waals surface area contributed by atoms with E-state index in [1.807, 2.05) is 20.0 Å². The molecule has 27 heteroatoms. The van der Waals surface area contributed by atoms with E-state index in [1.54, 1.807) is 0 Å². The Morgan fingerprint density at radius 2 is 0.831 bits per heavy atom. The zero-order valence-electron chi connectivity index (χ0n) is 34.7. The van der Waals surface area contributed by atoms with E-state index in [2.05, 4.69) is 15.8 Å². The maximum atomic E-state index is 13.8. The molecule has 0 heterocycles. The third-order valence-electron chi connectivity index (χ3n) is 10.4. The van der Waals surface area contributed by atoms with Crippen LogP contribution in [-0.4, -0.2) is 186 Å². The van der Waals surface area contributed by atoms with Gasteiger partial charge in [-0.1, -0.05) is 13.3 Å². The van der Waals surface area contributed by atoms with Crippen molar-refractivity contribution in [1.82, 2.24) is 5.32 Å². The third kappa shape index (κ3) is 32.6. The van der Waals surface area contributed by atoms with Gasteiger partial charge in [-0.25, -0.2) is 0 Å². The first-order valence-electron chi connectivity index (χ1n) is 19.9. The van der Waals surface area contributed by atoms with Gasteiger partial charge in [-0.3, -0.25) is 27.6 Å². The lowest BCUT2D eigenvalue weighted by atomic mass is 9.95. The molecule has 0 aliphatic carbocycles. The monoisotopic (exact) mass is 984 g/mol. The summed E-state index contributed by atoms with van der Waals surface area (Å²) in [6.45, 7) is 8.28. The number of nitrogens with zero attached hydrogens (tertiary/aromatic N) is 2. The molecule has 1 amide bonds. The molecule has 0 aromatic heterocycles. The Kier molecular flexibility index (Phi) is 26.5. The van der Waals surface area contributed by atoms with Crippen LogP contribution < -0.4 is 5.32 Å². The number of unbranched alkanes of at least 4 members (excludes halogenated alkanes) is 1. The fourth-order valence-corrected chi connectivity index (χ4v) is 11.3. The van der Waals surface area contributed by atoms with Crippen LogP contribution in [0.5, 0.6) is 0 Å². The van der Waals surface area contributed by atoms with Gasteiger partial charge in [0, 0.05) is 44.6 Å². The second-order valence-electron chi connectivity index (χ2n) is 16.3. The summed E-state index contributed by atoms with van der Waals surface area (Å²) < 4.78 is 169. The summed E-state index contributed by atoms with van der Waals surface area (Å²) in [5.74, 6) is -3.72.